The molecule has 0 aliphatic rings. The van der Waals surface area contributed by atoms with Crippen LogP contribution in [0.4, 0.5) is 0 Å². The van der Waals surface area contributed by atoms with E-state index in [0.29, 0.717) is 10.6 Å². The Morgan fingerprint density at radius 3 is 2.45 bits per heavy atom. The quantitative estimate of drug-likeness (QED) is 0.918. The zero-order valence-corrected chi connectivity index (χ0v) is 12.7. The molecule has 0 heterocycles. The molecule has 20 heavy (non-hydrogen) atoms. The summed E-state index contributed by atoms with van der Waals surface area (Å²) in [5, 5.41) is 0.536. The molecule has 0 fully saturated rings. The van der Waals surface area contributed by atoms with E-state index in [1.54, 1.807) is 24.3 Å². The zero-order valence-electron chi connectivity index (χ0n) is 11.1. The normalized spacial score (nSPS) is 13.1. The molecule has 0 spiro atoms. The van der Waals surface area contributed by atoms with Gasteiger partial charge in [0.15, 0.2) is 0 Å². The first kappa shape index (κ1) is 15.0. The Labute approximate surface area is 124 Å². The van der Waals surface area contributed by atoms with E-state index >= 15 is 0 Å². The number of hydrogen-bond acceptors (Lipinski definition) is 2. The lowest BCUT2D eigenvalue weighted by Gasteiger charge is -2.14. The summed E-state index contributed by atoms with van der Waals surface area (Å²) in [6.07, 6.45) is 0. The number of benzene rings is 2. The van der Waals surface area contributed by atoms with Crippen LogP contribution in [0.25, 0.3) is 0 Å². The number of rotatable bonds is 5. The maximum absolute atomic E-state index is 12.1. The zero-order chi connectivity index (χ0) is 14.6. The molecule has 106 valence electrons. The Kier molecular flexibility index (Phi) is 4.81. The molecular weight excluding hydrogens is 294 g/mol. The Balaban J connectivity index is 2.08. The molecule has 0 saturated heterocycles. The van der Waals surface area contributed by atoms with Gasteiger partial charge in [0.2, 0.25) is 10.0 Å². The lowest BCUT2D eigenvalue weighted by molar-refractivity contribution is 0.566. The second kappa shape index (κ2) is 6.39. The van der Waals surface area contributed by atoms with E-state index in [2.05, 4.69) is 4.72 Å². The van der Waals surface area contributed by atoms with E-state index in [-0.39, 0.29) is 11.8 Å². The standard InChI is InChI=1S/C15H16ClNO2S/c1-12(14-7-3-2-4-8-14)17-20(18,19)11-13-6-5-9-15(16)10-13/h2-10,12,17H,11H2,1H3/t12-/m1/s1. The molecule has 0 aliphatic heterocycles. The summed E-state index contributed by atoms with van der Waals surface area (Å²) in [6, 6.07) is 16.1. The van der Waals surface area contributed by atoms with E-state index in [1.165, 1.54) is 0 Å². The van der Waals surface area contributed by atoms with Crippen LogP contribution in [0.5, 0.6) is 0 Å². The van der Waals surface area contributed by atoms with Crippen LogP contribution >= 0.6 is 11.6 Å². The van der Waals surface area contributed by atoms with Crippen molar-refractivity contribution in [1.82, 2.24) is 4.72 Å². The minimum absolute atomic E-state index is 0.0786. The molecule has 0 aromatic heterocycles. The van der Waals surface area contributed by atoms with Gasteiger partial charge in [0, 0.05) is 11.1 Å². The molecule has 5 heteroatoms. The molecule has 0 unspecified atom stereocenters. The summed E-state index contributed by atoms with van der Waals surface area (Å²) < 4.78 is 27.0. The minimum Gasteiger partial charge on any atom is -0.212 e. The summed E-state index contributed by atoms with van der Waals surface area (Å²) >= 11 is 5.86. The van der Waals surface area contributed by atoms with E-state index in [9.17, 15) is 8.42 Å². The highest BCUT2D eigenvalue weighted by molar-refractivity contribution is 7.88. The topological polar surface area (TPSA) is 46.2 Å². The van der Waals surface area contributed by atoms with Crippen molar-refractivity contribution in [2.75, 3.05) is 0 Å². The van der Waals surface area contributed by atoms with Crippen molar-refractivity contribution in [3.8, 4) is 0 Å². The van der Waals surface area contributed by atoms with Gasteiger partial charge in [-0.25, -0.2) is 13.1 Å². The van der Waals surface area contributed by atoms with Crippen LogP contribution in [0.15, 0.2) is 54.6 Å². The molecular formula is C15H16ClNO2S. The molecule has 0 aliphatic carbocycles. The third kappa shape index (κ3) is 4.34. The van der Waals surface area contributed by atoms with E-state index in [1.807, 2.05) is 37.3 Å². The molecule has 1 N–H and O–H groups in total. The summed E-state index contributed by atoms with van der Waals surface area (Å²) in [4.78, 5) is 0. The maximum atomic E-state index is 12.1. The third-order valence-electron chi connectivity index (χ3n) is 2.90. The number of halogens is 1. The van der Waals surface area contributed by atoms with Gasteiger partial charge in [0.25, 0.3) is 0 Å². The fourth-order valence-electron chi connectivity index (χ4n) is 1.97. The number of hydrogen-bond donors (Lipinski definition) is 1. The summed E-state index contributed by atoms with van der Waals surface area (Å²) in [5.74, 6) is -0.0786. The lowest BCUT2D eigenvalue weighted by Crippen LogP contribution is -2.28. The van der Waals surface area contributed by atoms with Crippen LogP contribution in [0.2, 0.25) is 5.02 Å². The average molecular weight is 310 g/mol. The smallest absolute Gasteiger partial charge is 0.212 e. The van der Waals surface area contributed by atoms with Gasteiger partial charge >= 0.3 is 0 Å². The molecule has 0 amide bonds. The van der Waals surface area contributed by atoms with E-state index in [4.69, 9.17) is 11.6 Å². The molecule has 0 saturated carbocycles. The monoisotopic (exact) mass is 309 g/mol. The first-order valence-corrected chi connectivity index (χ1v) is 8.29. The lowest BCUT2D eigenvalue weighted by atomic mass is 10.1. The van der Waals surface area contributed by atoms with Gasteiger partial charge in [-0.3, -0.25) is 0 Å². The molecule has 2 aromatic rings. The van der Waals surface area contributed by atoms with Crippen LogP contribution in [-0.2, 0) is 15.8 Å². The summed E-state index contributed by atoms with van der Waals surface area (Å²) in [5.41, 5.74) is 1.60. The highest BCUT2D eigenvalue weighted by Crippen LogP contribution is 2.16. The molecule has 2 rings (SSSR count). The fourth-order valence-corrected chi connectivity index (χ4v) is 3.56. The Bertz CT molecular complexity index is 671. The largest absolute Gasteiger partial charge is 0.216 e. The Hall–Kier alpha value is -1.36. The average Bonchev–Trinajstić information content (AvgIpc) is 2.38. The Morgan fingerprint density at radius 1 is 1.10 bits per heavy atom. The Morgan fingerprint density at radius 2 is 1.80 bits per heavy atom. The highest BCUT2D eigenvalue weighted by atomic mass is 35.5. The second-order valence-electron chi connectivity index (χ2n) is 4.64. The molecule has 3 nitrogen and oxygen atoms in total. The van der Waals surface area contributed by atoms with Crippen molar-refractivity contribution in [1.29, 1.82) is 0 Å². The van der Waals surface area contributed by atoms with Crippen molar-refractivity contribution in [3.05, 3.63) is 70.7 Å². The number of sulfonamides is 1. The molecule has 0 bridgehead atoms. The van der Waals surface area contributed by atoms with Gasteiger partial charge in [-0.05, 0) is 30.2 Å². The van der Waals surface area contributed by atoms with Crippen molar-refractivity contribution in [2.24, 2.45) is 0 Å². The predicted molar refractivity (Wildman–Crippen MR) is 82.1 cm³/mol. The first-order chi connectivity index (χ1) is 9.46. The van der Waals surface area contributed by atoms with Gasteiger partial charge < -0.3 is 0 Å². The van der Waals surface area contributed by atoms with Gasteiger partial charge in [-0.15, -0.1) is 0 Å². The first-order valence-electron chi connectivity index (χ1n) is 6.26. The van der Waals surface area contributed by atoms with Crippen molar-refractivity contribution in [3.63, 3.8) is 0 Å². The molecule has 1 atom stereocenters. The van der Waals surface area contributed by atoms with Crippen LogP contribution < -0.4 is 4.72 Å². The van der Waals surface area contributed by atoms with Gasteiger partial charge in [0.05, 0.1) is 5.75 Å². The fraction of sp³-hybridized carbons (Fsp3) is 0.200. The predicted octanol–water partition coefficient (Wildman–Crippen LogP) is 3.52. The van der Waals surface area contributed by atoms with Crippen LogP contribution in [0.3, 0.4) is 0 Å². The SMILES string of the molecule is C[C@@H](NS(=O)(=O)Cc1cccc(Cl)c1)c1ccccc1. The van der Waals surface area contributed by atoms with E-state index in [0.717, 1.165) is 5.56 Å². The molecule has 2 aromatic carbocycles. The van der Waals surface area contributed by atoms with Gasteiger partial charge in [-0.1, -0.05) is 54.1 Å². The van der Waals surface area contributed by atoms with E-state index < -0.39 is 10.0 Å². The van der Waals surface area contributed by atoms with Crippen LogP contribution in [0.1, 0.15) is 24.1 Å². The van der Waals surface area contributed by atoms with Crippen molar-refractivity contribution >= 4 is 21.6 Å². The number of nitrogens with one attached hydrogen (secondary N) is 1. The van der Waals surface area contributed by atoms with Gasteiger partial charge in [0.1, 0.15) is 0 Å². The maximum Gasteiger partial charge on any atom is 0.216 e. The van der Waals surface area contributed by atoms with Gasteiger partial charge in [-0.2, -0.15) is 0 Å². The molecule has 0 radical (unpaired) electrons. The van der Waals surface area contributed by atoms with Crippen LogP contribution in [-0.4, -0.2) is 8.42 Å². The minimum atomic E-state index is -3.41. The van der Waals surface area contributed by atoms with Crippen LogP contribution in [0, 0.1) is 0 Å². The second-order valence-corrected chi connectivity index (χ2v) is 6.83. The third-order valence-corrected chi connectivity index (χ3v) is 4.56. The summed E-state index contributed by atoms with van der Waals surface area (Å²) in [7, 11) is -3.41. The highest BCUT2D eigenvalue weighted by Gasteiger charge is 2.16. The summed E-state index contributed by atoms with van der Waals surface area (Å²) in [6.45, 7) is 1.82. The van der Waals surface area contributed by atoms with Crippen molar-refractivity contribution < 1.29 is 8.42 Å². The van der Waals surface area contributed by atoms with Crippen molar-refractivity contribution in [2.45, 2.75) is 18.7 Å².